The Hall–Kier alpha value is -0.600. The molecule has 18 heavy (non-hydrogen) atoms. The topological polar surface area (TPSA) is 20.2 Å². The smallest absolute Gasteiger partial charge is 0.145 e. The molecule has 0 saturated heterocycles. The van der Waals surface area contributed by atoms with Gasteiger partial charge in [0.2, 0.25) is 0 Å². The van der Waals surface area contributed by atoms with E-state index in [0.717, 1.165) is 25.7 Å². The lowest BCUT2D eigenvalue weighted by Gasteiger charge is -2.40. The van der Waals surface area contributed by atoms with Crippen molar-refractivity contribution >= 4 is 11.6 Å². The number of benzene rings is 1. The molecule has 1 saturated carbocycles. The SMILES string of the molecule is CCC1CCCCC1(O)Cc1cccc(Cl)c1F. The van der Waals surface area contributed by atoms with Gasteiger partial charge in [-0.1, -0.05) is 49.9 Å². The minimum atomic E-state index is -0.765. The van der Waals surface area contributed by atoms with Crippen LogP contribution in [0.2, 0.25) is 5.02 Å². The molecule has 1 aliphatic carbocycles. The highest BCUT2D eigenvalue weighted by atomic mass is 35.5. The van der Waals surface area contributed by atoms with Gasteiger partial charge in [0, 0.05) is 6.42 Å². The lowest BCUT2D eigenvalue weighted by molar-refractivity contribution is -0.0496. The summed E-state index contributed by atoms with van der Waals surface area (Å²) in [5.74, 6) is -0.113. The Morgan fingerprint density at radius 3 is 2.94 bits per heavy atom. The van der Waals surface area contributed by atoms with E-state index in [4.69, 9.17) is 11.6 Å². The molecular formula is C15H20ClFO. The number of hydrogen-bond acceptors (Lipinski definition) is 1. The van der Waals surface area contributed by atoms with Crippen LogP contribution in [0, 0.1) is 11.7 Å². The van der Waals surface area contributed by atoms with E-state index >= 15 is 0 Å². The number of aliphatic hydroxyl groups is 1. The minimum absolute atomic E-state index is 0.139. The van der Waals surface area contributed by atoms with Crippen LogP contribution >= 0.6 is 11.6 Å². The second kappa shape index (κ2) is 5.58. The van der Waals surface area contributed by atoms with Crippen LogP contribution in [-0.2, 0) is 6.42 Å². The Morgan fingerprint density at radius 2 is 2.22 bits per heavy atom. The fourth-order valence-electron chi connectivity index (χ4n) is 3.13. The molecule has 0 heterocycles. The van der Waals surface area contributed by atoms with E-state index in [0.29, 0.717) is 12.0 Å². The molecular weight excluding hydrogens is 251 g/mol. The van der Waals surface area contributed by atoms with Crippen molar-refractivity contribution in [3.63, 3.8) is 0 Å². The highest BCUT2D eigenvalue weighted by molar-refractivity contribution is 6.30. The average Bonchev–Trinajstić information content (AvgIpc) is 2.35. The van der Waals surface area contributed by atoms with Crippen molar-refractivity contribution in [1.82, 2.24) is 0 Å². The summed E-state index contributed by atoms with van der Waals surface area (Å²) in [6.45, 7) is 2.09. The third-order valence-electron chi connectivity index (χ3n) is 4.19. The molecule has 0 bridgehead atoms. The molecule has 100 valence electrons. The maximum Gasteiger partial charge on any atom is 0.145 e. The molecule has 2 atom stereocenters. The Bertz CT molecular complexity index is 421. The monoisotopic (exact) mass is 270 g/mol. The van der Waals surface area contributed by atoms with E-state index in [9.17, 15) is 9.50 Å². The largest absolute Gasteiger partial charge is 0.389 e. The van der Waals surface area contributed by atoms with Crippen molar-refractivity contribution in [3.8, 4) is 0 Å². The van der Waals surface area contributed by atoms with Crippen LogP contribution < -0.4 is 0 Å². The molecule has 1 nitrogen and oxygen atoms in total. The molecule has 3 heteroatoms. The van der Waals surface area contributed by atoms with Crippen molar-refractivity contribution < 1.29 is 9.50 Å². The van der Waals surface area contributed by atoms with Crippen LogP contribution in [-0.4, -0.2) is 10.7 Å². The van der Waals surface area contributed by atoms with Gasteiger partial charge in [0.05, 0.1) is 10.6 Å². The van der Waals surface area contributed by atoms with Crippen LogP contribution in [0.1, 0.15) is 44.6 Å². The predicted molar refractivity (Wildman–Crippen MR) is 72.3 cm³/mol. The van der Waals surface area contributed by atoms with Crippen molar-refractivity contribution in [2.24, 2.45) is 5.92 Å². The zero-order valence-electron chi connectivity index (χ0n) is 10.8. The number of halogens is 2. The maximum atomic E-state index is 13.9. The fourth-order valence-corrected chi connectivity index (χ4v) is 3.32. The quantitative estimate of drug-likeness (QED) is 0.866. The molecule has 1 aromatic rings. The van der Waals surface area contributed by atoms with Crippen molar-refractivity contribution in [2.45, 2.75) is 51.0 Å². The Kier molecular flexibility index (Phi) is 4.29. The fraction of sp³-hybridized carbons (Fsp3) is 0.600. The second-order valence-electron chi connectivity index (χ2n) is 5.34. The summed E-state index contributed by atoms with van der Waals surface area (Å²) in [7, 11) is 0. The van der Waals surface area contributed by atoms with Crippen molar-refractivity contribution in [3.05, 3.63) is 34.6 Å². The van der Waals surface area contributed by atoms with Gasteiger partial charge < -0.3 is 5.11 Å². The number of hydrogen-bond donors (Lipinski definition) is 1. The summed E-state index contributed by atoms with van der Waals surface area (Å²) in [6.07, 6.45) is 5.30. The average molecular weight is 271 g/mol. The Balaban J connectivity index is 2.23. The summed E-state index contributed by atoms with van der Waals surface area (Å²) < 4.78 is 13.9. The van der Waals surface area contributed by atoms with Gasteiger partial charge in [-0.2, -0.15) is 0 Å². The molecule has 1 fully saturated rings. The molecule has 0 amide bonds. The predicted octanol–water partition coefficient (Wildman–Crippen LogP) is 4.35. The van der Waals surface area contributed by atoms with E-state index in [1.807, 2.05) is 0 Å². The first-order valence-electron chi connectivity index (χ1n) is 6.72. The van der Waals surface area contributed by atoms with E-state index in [-0.39, 0.29) is 16.8 Å². The highest BCUT2D eigenvalue weighted by Crippen LogP contribution is 2.39. The van der Waals surface area contributed by atoms with Gasteiger partial charge in [-0.3, -0.25) is 0 Å². The van der Waals surface area contributed by atoms with Crippen LogP contribution in [0.15, 0.2) is 18.2 Å². The van der Waals surface area contributed by atoms with Crippen LogP contribution in [0.3, 0.4) is 0 Å². The Morgan fingerprint density at radius 1 is 1.44 bits per heavy atom. The van der Waals surface area contributed by atoms with Crippen LogP contribution in [0.5, 0.6) is 0 Å². The minimum Gasteiger partial charge on any atom is -0.389 e. The van der Waals surface area contributed by atoms with Gasteiger partial charge >= 0.3 is 0 Å². The molecule has 0 aliphatic heterocycles. The summed E-state index contributed by atoms with van der Waals surface area (Å²) in [5.41, 5.74) is -0.233. The van der Waals surface area contributed by atoms with Gasteiger partial charge in [-0.15, -0.1) is 0 Å². The zero-order valence-corrected chi connectivity index (χ0v) is 11.5. The molecule has 2 unspecified atom stereocenters. The molecule has 0 radical (unpaired) electrons. The third-order valence-corrected chi connectivity index (χ3v) is 4.49. The van der Waals surface area contributed by atoms with Crippen molar-refractivity contribution in [1.29, 1.82) is 0 Å². The van der Waals surface area contributed by atoms with Gasteiger partial charge in [0.25, 0.3) is 0 Å². The summed E-state index contributed by atoms with van der Waals surface area (Å²) in [5, 5.41) is 10.9. The van der Waals surface area contributed by atoms with E-state index < -0.39 is 5.60 Å². The number of rotatable bonds is 3. The van der Waals surface area contributed by atoms with Crippen LogP contribution in [0.4, 0.5) is 4.39 Å². The lowest BCUT2D eigenvalue weighted by atomic mass is 9.71. The normalized spacial score (nSPS) is 28.3. The lowest BCUT2D eigenvalue weighted by Crippen LogP contribution is -2.42. The van der Waals surface area contributed by atoms with Gasteiger partial charge in [0.1, 0.15) is 5.82 Å². The summed E-state index contributed by atoms with van der Waals surface area (Å²) in [4.78, 5) is 0. The molecule has 0 aromatic heterocycles. The first kappa shape index (κ1) is 13.8. The molecule has 0 spiro atoms. The molecule has 1 aromatic carbocycles. The van der Waals surface area contributed by atoms with E-state index in [2.05, 4.69) is 6.92 Å². The molecule has 2 rings (SSSR count). The Labute approximate surface area is 113 Å². The molecule has 1 N–H and O–H groups in total. The van der Waals surface area contributed by atoms with Gasteiger partial charge in [-0.25, -0.2) is 4.39 Å². The van der Waals surface area contributed by atoms with E-state index in [1.165, 1.54) is 6.42 Å². The first-order valence-corrected chi connectivity index (χ1v) is 7.10. The van der Waals surface area contributed by atoms with E-state index in [1.54, 1.807) is 18.2 Å². The van der Waals surface area contributed by atoms with Crippen molar-refractivity contribution in [2.75, 3.05) is 0 Å². The first-order chi connectivity index (χ1) is 8.57. The summed E-state index contributed by atoms with van der Waals surface area (Å²) in [6, 6.07) is 5.01. The summed E-state index contributed by atoms with van der Waals surface area (Å²) >= 11 is 5.79. The second-order valence-corrected chi connectivity index (χ2v) is 5.75. The van der Waals surface area contributed by atoms with Gasteiger partial charge in [-0.05, 0) is 30.4 Å². The highest BCUT2D eigenvalue weighted by Gasteiger charge is 2.38. The standard InChI is InChI=1S/C15H20ClFO/c1-2-12-7-3-4-9-15(12,18)10-11-6-5-8-13(16)14(11)17/h5-6,8,12,18H,2-4,7,9-10H2,1H3. The van der Waals surface area contributed by atoms with Crippen LogP contribution in [0.25, 0.3) is 0 Å². The van der Waals surface area contributed by atoms with Gasteiger partial charge in [0.15, 0.2) is 0 Å². The maximum absolute atomic E-state index is 13.9. The zero-order chi connectivity index (χ0) is 13.2. The third kappa shape index (κ3) is 2.70. The molecule has 1 aliphatic rings.